The number of anilines is 2. The lowest BCUT2D eigenvalue weighted by Crippen LogP contribution is -2.59. The van der Waals surface area contributed by atoms with Gasteiger partial charge in [0.2, 0.25) is 5.91 Å². The van der Waals surface area contributed by atoms with Gasteiger partial charge in [-0.3, -0.25) is 19.4 Å². The number of carbonyl (C=O) groups excluding carboxylic acids is 2. The van der Waals surface area contributed by atoms with E-state index in [0.29, 0.717) is 6.07 Å². The highest BCUT2D eigenvalue weighted by Gasteiger charge is 2.44. The molecule has 0 aliphatic carbocycles. The van der Waals surface area contributed by atoms with E-state index in [-0.39, 0.29) is 36.6 Å². The number of ether oxygens (including phenoxy) is 1. The van der Waals surface area contributed by atoms with Crippen LogP contribution in [0.2, 0.25) is 0 Å². The first-order valence-corrected chi connectivity index (χ1v) is 11.0. The van der Waals surface area contributed by atoms with Crippen molar-refractivity contribution in [2.75, 3.05) is 18.5 Å². The van der Waals surface area contributed by atoms with Gasteiger partial charge in [-0.1, -0.05) is 0 Å². The highest BCUT2D eigenvalue weighted by atomic mass is 19.4. The van der Waals surface area contributed by atoms with Crippen LogP contribution in [0.1, 0.15) is 28.0 Å². The highest BCUT2D eigenvalue weighted by Crippen LogP contribution is 2.36. The molecule has 4 N–H and O–H groups in total. The summed E-state index contributed by atoms with van der Waals surface area (Å²) in [5.74, 6) is -3.48. The summed E-state index contributed by atoms with van der Waals surface area (Å²) in [5.41, 5.74) is -4.38. The topological polar surface area (TPSA) is 138 Å². The van der Waals surface area contributed by atoms with Gasteiger partial charge in [-0.15, -0.1) is 0 Å². The van der Waals surface area contributed by atoms with Crippen molar-refractivity contribution in [3.8, 4) is 0 Å². The third-order valence-corrected chi connectivity index (χ3v) is 5.64. The Morgan fingerprint density at radius 2 is 1.92 bits per heavy atom. The molecule has 15 heteroatoms. The lowest BCUT2D eigenvalue weighted by atomic mass is 9.96. The van der Waals surface area contributed by atoms with Crippen LogP contribution in [0.25, 0.3) is 0 Å². The summed E-state index contributed by atoms with van der Waals surface area (Å²) in [5, 5.41) is 13.0. The number of aromatic nitrogens is 3. The van der Waals surface area contributed by atoms with E-state index >= 15 is 0 Å². The zero-order chi connectivity index (χ0) is 27.5. The van der Waals surface area contributed by atoms with Gasteiger partial charge in [-0.2, -0.15) is 18.3 Å². The molecule has 2 amide bonds. The van der Waals surface area contributed by atoms with E-state index in [0.717, 1.165) is 36.7 Å². The molecule has 0 saturated carbocycles. The van der Waals surface area contributed by atoms with Crippen molar-refractivity contribution in [1.29, 1.82) is 0 Å². The van der Waals surface area contributed by atoms with E-state index in [1.54, 1.807) is 0 Å². The number of rotatable bonds is 7. The molecule has 3 aromatic rings. The van der Waals surface area contributed by atoms with Crippen molar-refractivity contribution in [1.82, 2.24) is 25.8 Å². The van der Waals surface area contributed by atoms with Crippen LogP contribution in [-0.2, 0) is 22.3 Å². The summed E-state index contributed by atoms with van der Waals surface area (Å²) in [6, 6.07) is 3.86. The molecule has 2 aromatic heterocycles. The summed E-state index contributed by atoms with van der Waals surface area (Å²) in [4.78, 5) is 40.8. The number of H-pyrrole nitrogens is 1. The summed E-state index contributed by atoms with van der Waals surface area (Å²) in [7, 11) is 0. The fourth-order valence-corrected chi connectivity index (χ4v) is 3.70. The molecule has 1 saturated heterocycles. The molecule has 4 rings (SSSR count). The molecule has 10 nitrogen and oxygen atoms in total. The van der Waals surface area contributed by atoms with Crippen molar-refractivity contribution in [2.45, 2.75) is 24.7 Å². The Balaban J connectivity index is 1.45. The maximum absolute atomic E-state index is 14.7. The summed E-state index contributed by atoms with van der Waals surface area (Å²) < 4.78 is 72.9. The first-order chi connectivity index (χ1) is 18.0. The van der Waals surface area contributed by atoms with Gasteiger partial charge in [0, 0.05) is 25.2 Å². The summed E-state index contributed by atoms with van der Waals surface area (Å²) in [6.45, 7) is -0.448. The molecule has 1 aliphatic rings. The summed E-state index contributed by atoms with van der Waals surface area (Å²) >= 11 is 0. The van der Waals surface area contributed by atoms with Crippen LogP contribution in [0.4, 0.5) is 33.3 Å². The molecule has 0 radical (unpaired) electrons. The molecular formula is C23H19F5N6O4. The molecule has 0 unspecified atom stereocenters. The second kappa shape index (κ2) is 10.5. The van der Waals surface area contributed by atoms with E-state index in [1.807, 2.05) is 0 Å². The van der Waals surface area contributed by atoms with Crippen LogP contribution in [0.5, 0.6) is 0 Å². The number of nitrogens with one attached hydrogen (secondary N) is 4. The Morgan fingerprint density at radius 1 is 1.13 bits per heavy atom. The fraction of sp³-hybridized carbons (Fsp3) is 0.261. The molecular weight excluding hydrogens is 519 g/mol. The van der Waals surface area contributed by atoms with Gasteiger partial charge in [0.25, 0.3) is 11.5 Å². The highest BCUT2D eigenvalue weighted by molar-refractivity contribution is 5.99. The van der Waals surface area contributed by atoms with Crippen molar-refractivity contribution in [2.24, 2.45) is 0 Å². The number of halogens is 5. The van der Waals surface area contributed by atoms with Gasteiger partial charge in [0.1, 0.15) is 17.2 Å². The Hall–Kier alpha value is -4.40. The standard InChI is InChI=1S/C23H19F5N6O4/c24-13-1-2-17(15(6-13)23(26,27)28)32-14-7-16(25)18(29-9-14)10-30-21(37)22(3-4-38-11-22)33-20(36)12-5-19(35)34-31-8-12/h1-2,5-9,32H,3-4,10-11H2,(H,30,37)(H,33,36)(H,34,35)/t22-/m0/s1. The van der Waals surface area contributed by atoms with E-state index in [2.05, 4.69) is 31.1 Å². The second-order valence-corrected chi connectivity index (χ2v) is 8.32. The predicted molar refractivity (Wildman–Crippen MR) is 121 cm³/mol. The molecule has 0 bridgehead atoms. The molecule has 1 aromatic carbocycles. The van der Waals surface area contributed by atoms with Crippen LogP contribution >= 0.6 is 0 Å². The van der Waals surface area contributed by atoms with Gasteiger partial charge in [0.15, 0.2) is 0 Å². The van der Waals surface area contributed by atoms with Crippen LogP contribution < -0.4 is 21.5 Å². The second-order valence-electron chi connectivity index (χ2n) is 8.32. The van der Waals surface area contributed by atoms with Crippen LogP contribution in [-0.4, -0.2) is 45.7 Å². The summed E-state index contributed by atoms with van der Waals surface area (Å²) in [6.07, 6.45) is -2.61. The zero-order valence-corrected chi connectivity index (χ0v) is 19.3. The third kappa shape index (κ3) is 5.94. The van der Waals surface area contributed by atoms with E-state index in [9.17, 15) is 36.3 Å². The van der Waals surface area contributed by atoms with E-state index in [1.165, 1.54) is 0 Å². The molecule has 1 aliphatic heterocycles. The Kier molecular flexibility index (Phi) is 7.39. The first kappa shape index (κ1) is 26.7. The average Bonchev–Trinajstić information content (AvgIpc) is 3.33. The molecule has 200 valence electrons. The third-order valence-electron chi connectivity index (χ3n) is 5.64. The fourth-order valence-electron chi connectivity index (χ4n) is 3.70. The number of aromatic amines is 1. The SMILES string of the molecule is O=C(N[C@@]1(C(=O)NCc2ncc(Nc3ccc(F)cc3C(F)(F)F)cc2F)CCOC1)c1cn[nH]c(=O)c1. The maximum Gasteiger partial charge on any atom is 0.418 e. The van der Waals surface area contributed by atoms with Crippen molar-refractivity contribution < 1.29 is 36.3 Å². The number of nitrogens with zero attached hydrogens (tertiary/aromatic N) is 2. The molecule has 3 heterocycles. The van der Waals surface area contributed by atoms with Gasteiger partial charge in [-0.05, 0) is 18.2 Å². The quantitative estimate of drug-likeness (QED) is 0.339. The molecule has 0 spiro atoms. The normalized spacial score (nSPS) is 17.2. The average molecular weight is 538 g/mol. The van der Waals surface area contributed by atoms with Gasteiger partial charge < -0.3 is 20.7 Å². The van der Waals surface area contributed by atoms with Crippen LogP contribution in [0, 0.1) is 11.6 Å². The molecule has 1 fully saturated rings. The largest absolute Gasteiger partial charge is 0.418 e. The van der Waals surface area contributed by atoms with Crippen LogP contribution in [0.15, 0.2) is 47.5 Å². The minimum Gasteiger partial charge on any atom is -0.378 e. The van der Waals surface area contributed by atoms with Gasteiger partial charge >= 0.3 is 6.18 Å². The first-order valence-electron chi connectivity index (χ1n) is 11.0. The minimum atomic E-state index is -4.86. The lowest BCUT2D eigenvalue weighted by Gasteiger charge is -2.27. The minimum absolute atomic E-state index is 0.0848. The number of carbonyl (C=O) groups is 2. The Labute approximate surface area is 210 Å². The van der Waals surface area contributed by atoms with E-state index < -0.39 is 58.5 Å². The van der Waals surface area contributed by atoms with E-state index in [4.69, 9.17) is 4.74 Å². The smallest absolute Gasteiger partial charge is 0.378 e. The molecule has 38 heavy (non-hydrogen) atoms. The van der Waals surface area contributed by atoms with Gasteiger partial charge in [0.05, 0.1) is 53.7 Å². The number of hydrogen-bond donors (Lipinski definition) is 4. The zero-order valence-electron chi connectivity index (χ0n) is 19.3. The number of amides is 2. The lowest BCUT2D eigenvalue weighted by molar-refractivity contribution is -0.137. The van der Waals surface area contributed by atoms with Crippen molar-refractivity contribution >= 4 is 23.2 Å². The van der Waals surface area contributed by atoms with Crippen molar-refractivity contribution in [3.05, 3.63) is 81.5 Å². The number of pyridine rings is 1. The number of hydrogen-bond acceptors (Lipinski definition) is 7. The van der Waals surface area contributed by atoms with Crippen LogP contribution in [0.3, 0.4) is 0 Å². The maximum atomic E-state index is 14.7. The van der Waals surface area contributed by atoms with Crippen molar-refractivity contribution in [3.63, 3.8) is 0 Å². The number of alkyl halides is 3. The van der Waals surface area contributed by atoms with Gasteiger partial charge in [-0.25, -0.2) is 13.9 Å². The molecule has 1 atom stereocenters. The monoisotopic (exact) mass is 538 g/mol. The Morgan fingerprint density at radius 3 is 2.58 bits per heavy atom. The predicted octanol–water partition coefficient (Wildman–Crippen LogP) is 2.41. The Bertz CT molecular complexity index is 1420. The number of benzene rings is 1.